The first kappa shape index (κ1) is 19.3. The van der Waals surface area contributed by atoms with Crippen LogP contribution in [0.3, 0.4) is 0 Å². The summed E-state index contributed by atoms with van der Waals surface area (Å²) in [5, 5.41) is 3.51. The molecule has 0 saturated heterocycles. The van der Waals surface area contributed by atoms with E-state index < -0.39 is 16.4 Å². The van der Waals surface area contributed by atoms with Crippen LogP contribution >= 0.6 is 0 Å². The summed E-state index contributed by atoms with van der Waals surface area (Å²) in [7, 11) is -2.79. The van der Waals surface area contributed by atoms with Crippen molar-refractivity contribution in [3.8, 4) is 11.1 Å². The van der Waals surface area contributed by atoms with E-state index in [0.717, 1.165) is 32.3 Å². The van der Waals surface area contributed by atoms with Gasteiger partial charge in [-0.05, 0) is 95.5 Å². The van der Waals surface area contributed by atoms with E-state index in [4.69, 9.17) is 4.43 Å². The Kier molecular flexibility index (Phi) is 4.43. The lowest BCUT2D eigenvalue weighted by atomic mass is 9.95. The van der Waals surface area contributed by atoms with Crippen molar-refractivity contribution >= 4 is 32.3 Å². The normalized spacial score (nSPS) is 18.1. The van der Waals surface area contributed by atoms with Crippen molar-refractivity contribution in [1.29, 1.82) is 0 Å². The van der Waals surface area contributed by atoms with Crippen molar-refractivity contribution < 1.29 is 4.43 Å². The second-order valence-electron chi connectivity index (χ2n) is 10.3. The quantitative estimate of drug-likeness (QED) is 0.368. The van der Waals surface area contributed by atoms with Gasteiger partial charge in [0.2, 0.25) is 0 Å². The topological polar surface area (TPSA) is 9.23 Å². The molecule has 0 radical (unpaired) electrons. The van der Waals surface area contributed by atoms with Crippen molar-refractivity contribution in [2.45, 2.75) is 58.4 Å². The Labute approximate surface area is 177 Å². The number of hydrogen-bond donors (Lipinski definition) is 0. The number of benzene rings is 2. The number of hydrogen-bond acceptors (Lipinski definition) is 1. The van der Waals surface area contributed by atoms with E-state index >= 15 is 0 Å². The van der Waals surface area contributed by atoms with Gasteiger partial charge in [0.1, 0.15) is 8.07 Å². The molecule has 1 heterocycles. The van der Waals surface area contributed by atoms with Crippen LogP contribution in [0.5, 0.6) is 0 Å². The summed E-state index contributed by atoms with van der Waals surface area (Å²) in [5.74, 6) is 0. The molecule has 1 nitrogen and oxygen atoms in total. The fraction of sp³-hybridized carbons (Fsp3) is 0.385. The Morgan fingerprint density at radius 3 is 2.59 bits per heavy atom. The Hall–Kier alpha value is -1.69. The fourth-order valence-corrected chi connectivity index (χ4v) is 10.0. The van der Waals surface area contributed by atoms with Crippen molar-refractivity contribution in [2.75, 3.05) is 6.61 Å². The lowest BCUT2D eigenvalue weighted by Gasteiger charge is -2.17. The third-order valence-electron chi connectivity index (χ3n) is 6.78. The lowest BCUT2D eigenvalue weighted by molar-refractivity contribution is 0.305. The molecule has 0 spiro atoms. The standard InChI is InChI=1S/C26H32OSi2/c1-28(2,3)27-15-9-12-18-11-8-14-20(18)24-17-22-21-13-7-6-10-19(21)16-23(22)25-26(24)29(25,4)5/h6-8,10-11,13,17H,9,12,14-16H2,1-5H3. The average molecular weight is 417 g/mol. The predicted molar refractivity (Wildman–Crippen MR) is 131 cm³/mol. The molecule has 0 unspecified atom stereocenters. The zero-order valence-corrected chi connectivity index (χ0v) is 20.5. The molecule has 2 aromatic rings. The molecule has 0 bridgehead atoms. The number of allylic oxidation sites excluding steroid dienone is 4. The molecule has 0 fully saturated rings. The van der Waals surface area contributed by atoms with Gasteiger partial charge in [-0.3, -0.25) is 0 Å². The summed E-state index contributed by atoms with van der Waals surface area (Å²) >= 11 is 0. The maximum atomic E-state index is 6.10. The van der Waals surface area contributed by atoms with E-state index in [-0.39, 0.29) is 0 Å². The van der Waals surface area contributed by atoms with E-state index in [0.29, 0.717) is 0 Å². The molecule has 1 aliphatic heterocycles. The van der Waals surface area contributed by atoms with E-state index in [9.17, 15) is 0 Å². The van der Waals surface area contributed by atoms with Gasteiger partial charge in [0.15, 0.2) is 8.32 Å². The van der Waals surface area contributed by atoms with Gasteiger partial charge in [0, 0.05) is 6.61 Å². The number of fused-ring (bicyclic) bond motifs is 5. The van der Waals surface area contributed by atoms with Crippen molar-refractivity contribution in [3.63, 3.8) is 0 Å². The molecular formula is C26H32OSi2. The van der Waals surface area contributed by atoms with Crippen LogP contribution in [0, 0.1) is 0 Å². The maximum absolute atomic E-state index is 6.10. The smallest absolute Gasteiger partial charge is 0.183 e. The molecule has 0 atom stereocenters. The molecule has 3 heteroatoms. The minimum absolute atomic E-state index is 0.899. The van der Waals surface area contributed by atoms with Crippen LogP contribution in [0.15, 0.2) is 48.1 Å². The van der Waals surface area contributed by atoms with E-state index in [1.165, 1.54) is 16.7 Å². The monoisotopic (exact) mass is 416 g/mol. The fourth-order valence-electron chi connectivity index (χ4n) is 5.40. The van der Waals surface area contributed by atoms with Crippen LogP contribution in [0.1, 0.15) is 36.0 Å². The van der Waals surface area contributed by atoms with Gasteiger partial charge in [-0.15, -0.1) is 0 Å². The molecule has 5 rings (SSSR count). The Morgan fingerprint density at radius 2 is 1.79 bits per heavy atom. The summed E-state index contributed by atoms with van der Waals surface area (Å²) in [6, 6.07) is 11.6. The van der Waals surface area contributed by atoms with Crippen LogP contribution in [0.2, 0.25) is 32.7 Å². The van der Waals surface area contributed by atoms with Gasteiger partial charge in [0.05, 0.1) is 0 Å². The van der Waals surface area contributed by atoms with Crippen LogP contribution in [-0.4, -0.2) is 23.0 Å². The van der Waals surface area contributed by atoms with Crippen LogP contribution in [0.25, 0.3) is 16.7 Å². The summed E-state index contributed by atoms with van der Waals surface area (Å²) < 4.78 is 6.10. The summed E-state index contributed by atoms with van der Waals surface area (Å²) in [6.45, 7) is 12.8. The molecule has 29 heavy (non-hydrogen) atoms. The summed E-state index contributed by atoms with van der Waals surface area (Å²) in [6.07, 6.45) is 9.26. The molecule has 3 aliphatic rings. The van der Waals surface area contributed by atoms with Crippen LogP contribution in [-0.2, 0) is 10.8 Å². The molecule has 0 saturated carbocycles. The van der Waals surface area contributed by atoms with Gasteiger partial charge in [-0.2, -0.15) is 0 Å². The van der Waals surface area contributed by atoms with Crippen molar-refractivity contribution in [1.82, 2.24) is 0 Å². The highest BCUT2D eigenvalue weighted by molar-refractivity contribution is 7.16. The zero-order chi connectivity index (χ0) is 20.4. The minimum Gasteiger partial charge on any atom is -0.418 e. The average Bonchev–Trinajstić information content (AvgIpc) is 3.02. The van der Waals surface area contributed by atoms with E-state index in [1.807, 2.05) is 0 Å². The van der Waals surface area contributed by atoms with Gasteiger partial charge >= 0.3 is 0 Å². The molecule has 150 valence electrons. The van der Waals surface area contributed by atoms with Gasteiger partial charge in [-0.1, -0.05) is 54.7 Å². The first-order valence-electron chi connectivity index (χ1n) is 11.1. The largest absolute Gasteiger partial charge is 0.418 e. The Balaban J connectivity index is 1.50. The summed E-state index contributed by atoms with van der Waals surface area (Å²) in [4.78, 5) is 0. The van der Waals surface area contributed by atoms with Crippen molar-refractivity contribution in [3.05, 3.63) is 64.7 Å². The SMILES string of the molecule is C[Si](C)(C)OCCCC1=C(c2cc3c(c4c2[Si]4(C)C)Cc2ccccc2-3)CC=C1. The third kappa shape index (κ3) is 3.24. The Bertz CT molecular complexity index is 1070. The van der Waals surface area contributed by atoms with Gasteiger partial charge in [0.25, 0.3) is 0 Å². The van der Waals surface area contributed by atoms with Crippen LogP contribution < -0.4 is 10.4 Å². The van der Waals surface area contributed by atoms with E-state index in [1.54, 1.807) is 32.6 Å². The summed E-state index contributed by atoms with van der Waals surface area (Å²) in [5.41, 5.74) is 10.9. The number of rotatable bonds is 6. The second-order valence-corrected chi connectivity index (χ2v) is 19.1. The first-order chi connectivity index (χ1) is 13.8. The second kappa shape index (κ2) is 6.66. The highest BCUT2D eigenvalue weighted by Crippen LogP contribution is 2.43. The minimum atomic E-state index is -1.41. The van der Waals surface area contributed by atoms with Gasteiger partial charge < -0.3 is 4.43 Å². The highest BCUT2D eigenvalue weighted by Gasteiger charge is 2.50. The molecule has 0 aromatic heterocycles. The first-order valence-corrected chi connectivity index (χ1v) is 17.5. The molecule has 2 aromatic carbocycles. The Morgan fingerprint density at radius 1 is 1.00 bits per heavy atom. The van der Waals surface area contributed by atoms with Crippen LogP contribution in [0.4, 0.5) is 0 Å². The van der Waals surface area contributed by atoms with Gasteiger partial charge in [-0.25, -0.2) is 0 Å². The lowest BCUT2D eigenvalue weighted by Crippen LogP contribution is -2.25. The molecular weight excluding hydrogens is 384 g/mol. The zero-order valence-electron chi connectivity index (χ0n) is 18.5. The molecule has 0 N–H and O–H groups in total. The van der Waals surface area contributed by atoms with Crippen molar-refractivity contribution in [2.24, 2.45) is 0 Å². The van der Waals surface area contributed by atoms with E-state index in [2.05, 4.69) is 75.2 Å². The molecule has 0 amide bonds. The third-order valence-corrected chi connectivity index (χ3v) is 11.2. The maximum Gasteiger partial charge on any atom is 0.183 e. The molecule has 2 aliphatic carbocycles. The predicted octanol–water partition coefficient (Wildman–Crippen LogP) is 5.74. The highest BCUT2D eigenvalue weighted by atomic mass is 28.4.